The molecular weight excluding hydrogens is 294 g/mol. The number of carbonyl (C=O) groups excluding carboxylic acids is 1. The summed E-state index contributed by atoms with van der Waals surface area (Å²) in [7, 11) is 1.94. The molecule has 3 atom stereocenters. The van der Waals surface area contributed by atoms with Crippen LogP contribution in [0.2, 0.25) is 0 Å². The summed E-state index contributed by atoms with van der Waals surface area (Å²) in [5, 5.41) is 21.4. The maximum Gasteiger partial charge on any atom is 0.321 e. The molecule has 3 unspecified atom stereocenters. The van der Waals surface area contributed by atoms with E-state index in [1.165, 1.54) is 0 Å². The van der Waals surface area contributed by atoms with Crippen molar-refractivity contribution in [2.24, 2.45) is 0 Å². The van der Waals surface area contributed by atoms with Gasteiger partial charge >= 0.3 is 6.03 Å². The summed E-state index contributed by atoms with van der Waals surface area (Å²) in [5.41, 5.74) is 1.86. The van der Waals surface area contributed by atoms with Gasteiger partial charge in [-0.1, -0.05) is 12.1 Å². The lowest BCUT2D eigenvalue weighted by Crippen LogP contribution is -2.68. The fourth-order valence-electron chi connectivity index (χ4n) is 2.75. The summed E-state index contributed by atoms with van der Waals surface area (Å²) >= 11 is 0. The van der Waals surface area contributed by atoms with Gasteiger partial charge < -0.3 is 15.7 Å². The van der Waals surface area contributed by atoms with Gasteiger partial charge in [-0.2, -0.15) is 0 Å². The van der Waals surface area contributed by atoms with E-state index in [1.54, 1.807) is 0 Å². The van der Waals surface area contributed by atoms with E-state index < -0.39 is 0 Å². The maximum atomic E-state index is 12.2. The van der Waals surface area contributed by atoms with Crippen LogP contribution in [0.4, 0.5) is 10.5 Å². The summed E-state index contributed by atoms with van der Waals surface area (Å²) < 4.78 is 0. The number of nitrogens with zero attached hydrogens (tertiary/aromatic N) is 1. The van der Waals surface area contributed by atoms with Crippen LogP contribution in [0, 0.1) is 6.92 Å². The zero-order valence-electron chi connectivity index (χ0n) is 14.0. The van der Waals surface area contributed by atoms with Crippen molar-refractivity contribution in [1.82, 2.24) is 20.9 Å². The van der Waals surface area contributed by atoms with Crippen LogP contribution in [0.1, 0.15) is 18.9 Å². The third-order valence-electron chi connectivity index (χ3n) is 3.95. The van der Waals surface area contributed by atoms with Gasteiger partial charge in [0.25, 0.3) is 0 Å². The first-order valence-corrected chi connectivity index (χ1v) is 7.96. The number of carbonyl (C=O) groups is 1. The molecule has 2 rings (SSSR count). The van der Waals surface area contributed by atoms with Gasteiger partial charge in [-0.3, -0.25) is 15.5 Å². The predicted molar refractivity (Wildman–Crippen MR) is 91.0 cm³/mol. The molecule has 0 aliphatic carbocycles. The number of aliphatic hydroxyl groups is 1. The first-order chi connectivity index (χ1) is 11.0. The molecule has 0 spiro atoms. The van der Waals surface area contributed by atoms with Gasteiger partial charge in [-0.05, 0) is 45.0 Å². The smallest absolute Gasteiger partial charge is 0.321 e. The first-order valence-electron chi connectivity index (χ1n) is 7.96. The van der Waals surface area contributed by atoms with Crippen molar-refractivity contribution in [2.45, 2.75) is 38.8 Å². The normalized spacial score (nSPS) is 25.1. The molecule has 2 amide bonds. The Bertz CT molecular complexity index is 525. The van der Waals surface area contributed by atoms with E-state index in [0.717, 1.165) is 17.7 Å². The lowest BCUT2D eigenvalue weighted by molar-refractivity contribution is 0.0423. The average Bonchev–Trinajstić information content (AvgIpc) is 2.49. The van der Waals surface area contributed by atoms with Gasteiger partial charge in [0, 0.05) is 18.3 Å². The average molecular weight is 321 g/mol. The molecule has 7 nitrogen and oxygen atoms in total. The van der Waals surface area contributed by atoms with Crippen molar-refractivity contribution in [3.05, 3.63) is 29.8 Å². The van der Waals surface area contributed by atoms with Crippen LogP contribution in [-0.4, -0.2) is 54.7 Å². The van der Waals surface area contributed by atoms with Crippen molar-refractivity contribution in [3.8, 4) is 0 Å². The highest BCUT2D eigenvalue weighted by Crippen LogP contribution is 2.13. The highest BCUT2D eigenvalue weighted by molar-refractivity contribution is 5.89. The van der Waals surface area contributed by atoms with Gasteiger partial charge in [-0.25, -0.2) is 4.79 Å². The second-order valence-corrected chi connectivity index (χ2v) is 6.03. The van der Waals surface area contributed by atoms with E-state index in [4.69, 9.17) is 5.11 Å². The maximum absolute atomic E-state index is 12.2. The zero-order valence-corrected chi connectivity index (χ0v) is 14.0. The second kappa shape index (κ2) is 8.26. The lowest BCUT2D eigenvalue weighted by atomic mass is 10.1. The summed E-state index contributed by atoms with van der Waals surface area (Å²) in [6.45, 7) is 4.69. The molecule has 0 aromatic heterocycles. The molecule has 1 aliphatic heterocycles. The molecule has 1 fully saturated rings. The highest BCUT2D eigenvalue weighted by Gasteiger charge is 2.31. The van der Waals surface area contributed by atoms with Crippen LogP contribution in [0.25, 0.3) is 0 Å². The number of amides is 2. The molecule has 1 heterocycles. The molecule has 0 saturated carbocycles. The molecule has 1 aliphatic rings. The SMILES string of the molecule is Cc1cccc(NC(=O)NC2NC(C)CC(NCCO)N2C)c1. The van der Waals surface area contributed by atoms with Crippen LogP contribution >= 0.6 is 0 Å². The summed E-state index contributed by atoms with van der Waals surface area (Å²) in [4.78, 5) is 14.2. The Kier molecular flexibility index (Phi) is 6.35. The Morgan fingerprint density at radius 1 is 1.48 bits per heavy atom. The molecule has 128 valence electrons. The quantitative estimate of drug-likeness (QED) is 0.549. The van der Waals surface area contributed by atoms with Gasteiger partial charge in [0.1, 0.15) is 6.29 Å². The Labute approximate surface area is 137 Å². The molecule has 0 radical (unpaired) electrons. The molecular formula is C16H27N5O2. The number of aryl methyl sites for hydroxylation is 1. The highest BCUT2D eigenvalue weighted by atomic mass is 16.3. The van der Waals surface area contributed by atoms with Crippen molar-refractivity contribution in [1.29, 1.82) is 0 Å². The summed E-state index contributed by atoms with van der Waals surface area (Å²) in [6, 6.07) is 7.68. The van der Waals surface area contributed by atoms with Gasteiger partial charge in [-0.15, -0.1) is 0 Å². The first kappa shape index (κ1) is 17.7. The standard InChI is InChI=1S/C16H27N5O2/c1-11-5-4-6-13(9-11)19-16(23)20-15-18-12(2)10-14(21(15)3)17-7-8-22/h4-6,9,12,14-15,17-18,22H,7-8,10H2,1-3H3,(H2,19,20,23). The van der Waals surface area contributed by atoms with Crippen molar-refractivity contribution < 1.29 is 9.90 Å². The topological polar surface area (TPSA) is 88.7 Å². The van der Waals surface area contributed by atoms with Gasteiger partial charge in [0.2, 0.25) is 0 Å². The molecule has 1 aromatic rings. The van der Waals surface area contributed by atoms with Crippen LogP contribution in [-0.2, 0) is 0 Å². The molecule has 0 bridgehead atoms. The van der Waals surface area contributed by atoms with E-state index >= 15 is 0 Å². The Hall–Kier alpha value is -1.67. The number of rotatable bonds is 5. The van der Waals surface area contributed by atoms with Crippen LogP contribution < -0.4 is 21.3 Å². The fraction of sp³-hybridized carbons (Fsp3) is 0.562. The van der Waals surface area contributed by atoms with Gasteiger partial charge in [0.15, 0.2) is 0 Å². The van der Waals surface area contributed by atoms with Crippen molar-refractivity contribution >= 4 is 11.7 Å². The number of aliphatic hydroxyl groups excluding tert-OH is 1. The van der Waals surface area contributed by atoms with Crippen molar-refractivity contribution in [3.63, 3.8) is 0 Å². The van der Waals surface area contributed by atoms with E-state index in [1.807, 2.05) is 43.1 Å². The minimum atomic E-state index is -0.278. The van der Waals surface area contributed by atoms with Crippen molar-refractivity contribution in [2.75, 3.05) is 25.5 Å². The number of hydrogen-bond acceptors (Lipinski definition) is 5. The lowest BCUT2D eigenvalue weighted by Gasteiger charge is -2.43. The summed E-state index contributed by atoms with van der Waals surface area (Å²) in [5.74, 6) is 0. The molecule has 1 saturated heterocycles. The molecule has 23 heavy (non-hydrogen) atoms. The third kappa shape index (κ3) is 5.18. The largest absolute Gasteiger partial charge is 0.395 e. The molecule has 5 N–H and O–H groups in total. The van der Waals surface area contributed by atoms with Gasteiger partial charge in [0.05, 0.1) is 12.8 Å². The minimum Gasteiger partial charge on any atom is -0.395 e. The zero-order chi connectivity index (χ0) is 16.8. The Morgan fingerprint density at radius 2 is 2.26 bits per heavy atom. The van der Waals surface area contributed by atoms with Crippen LogP contribution in [0.5, 0.6) is 0 Å². The number of anilines is 1. The minimum absolute atomic E-state index is 0.0953. The van der Waals surface area contributed by atoms with E-state index in [0.29, 0.717) is 6.54 Å². The van der Waals surface area contributed by atoms with E-state index in [2.05, 4.69) is 28.2 Å². The number of benzene rings is 1. The fourth-order valence-corrected chi connectivity index (χ4v) is 2.75. The Morgan fingerprint density at radius 3 is 2.96 bits per heavy atom. The Balaban J connectivity index is 1.93. The third-order valence-corrected chi connectivity index (χ3v) is 3.95. The summed E-state index contributed by atoms with van der Waals surface area (Å²) in [6.07, 6.45) is 0.719. The number of urea groups is 1. The van der Waals surface area contributed by atoms with E-state index in [-0.39, 0.29) is 31.1 Å². The van der Waals surface area contributed by atoms with Crippen LogP contribution in [0.15, 0.2) is 24.3 Å². The molecule has 1 aromatic carbocycles. The number of hydrogen-bond donors (Lipinski definition) is 5. The number of nitrogens with one attached hydrogen (secondary N) is 4. The second-order valence-electron chi connectivity index (χ2n) is 6.03. The van der Waals surface area contributed by atoms with E-state index in [9.17, 15) is 4.79 Å². The predicted octanol–water partition coefficient (Wildman–Crippen LogP) is 0.622. The monoisotopic (exact) mass is 321 g/mol. The molecule has 7 heteroatoms. The van der Waals surface area contributed by atoms with Crippen LogP contribution in [0.3, 0.4) is 0 Å².